The quantitative estimate of drug-likeness (QED) is 0.551. The first kappa shape index (κ1) is 16.5. The molecule has 6 nitrogen and oxygen atoms in total. The Balaban J connectivity index is 1.71. The molecule has 2 heterocycles. The van der Waals surface area contributed by atoms with E-state index in [1.54, 1.807) is 12.1 Å². The zero-order chi connectivity index (χ0) is 17.9. The molecule has 0 atom stereocenters. The zero-order valence-electron chi connectivity index (χ0n) is 14.3. The highest BCUT2D eigenvalue weighted by Crippen LogP contribution is 2.29. The number of pyridine rings is 1. The van der Waals surface area contributed by atoms with E-state index in [-0.39, 0.29) is 16.7 Å². The van der Waals surface area contributed by atoms with Gasteiger partial charge in [-0.2, -0.15) is 0 Å². The third-order valence-corrected chi connectivity index (χ3v) is 4.80. The van der Waals surface area contributed by atoms with Gasteiger partial charge in [0.2, 0.25) is 5.82 Å². The molecule has 0 unspecified atom stereocenters. The number of aromatic nitrogens is 1. The first-order valence-electron chi connectivity index (χ1n) is 8.82. The molecule has 0 radical (unpaired) electrons. The molecule has 0 saturated carbocycles. The summed E-state index contributed by atoms with van der Waals surface area (Å²) in [7, 11) is 0. The number of hydrogen-bond acceptors (Lipinski definition) is 5. The van der Waals surface area contributed by atoms with Crippen LogP contribution in [0.1, 0.15) is 12.8 Å². The minimum atomic E-state index is -0.374. The van der Waals surface area contributed by atoms with E-state index in [1.807, 2.05) is 24.3 Å². The van der Waals surface area contributed by atoms with Crippen LogP contribution >= 0.6 is 0 Å². The van der Waals surface area contributed by atoms with Crippen molar-refractivity contribution in [2.24, 2.45) is 0 Å². The Bertz CT molecular complexity index is 951. The van der Waals surface area contributed by atoms with Crippen LogP contribution in [0.4, 0.5) is 11.5 Å². The fraction of sp³-hybridized carbons (Fsp3) is 0.250. The molecule has 0 spiro atoms. The van der Waals surface area contributed by atoms with Gasteiger partial charge in [-0.1, -0.05) is 36.4 Å². The number of nitro groups is 1. The Morgan fingerprint density at radius 1 is 1.04 bits per heavy atom. The third-order valence-electron chi connectivity index (χ3n) is 4.80. The monoisotopic (exact) mass is 348 g/mol. The van der Waals surface area contributed by atoms with Crippen LogP contribution in [0, 0.1) is 10.1 Å². The smallest absolute Gasteiger partial charge is 0.311 e. The Morgan fingerprint density at radius 3 is 2.58 bits per heavy atom. The number of nitrogens with zero attached hydrogens (tertiary/aromatic N) is 2. The molecule has 2 aromatic carbocycles. The second kappa shape index (κ2) is 7.09. The highest BCUT2D eigenvalue weighted by Gasteiger charge is 2.21. The van der Waals surface area contributed by atoms with Gasteiger partial charge in [0.05, 0.1) is 10.6 Å². The van der Waals surface area contributed by atoms with Gasteiger partial charge in [0.1, 0.15) is 0 Å². The maximum Gasteiger partial charge on any atom is 0.311 e. The van der Waals surface area contributed by atoms with E-state index in [2.05, 4.69) is 33.8 Å². The number of rotatable bonds is 4. The van der Waals surface area contributed by atoms with Crippen LogP contribution in [0.2, 0.25) is 0 Å². The number of fused-ring (bicyclic) bond motifs is 1. The number of piperidine rings is 1. The molecule has 0 aliphatic carbocycles. The lowest BCUT2D eigenvalue weighted by Crippen LogP contribution is -2.35. The van der Waals surface area contributed by atoms with E-state index in [1.165, 1.54) is 0 Å². The average molecular weight is 348 g/mol. The first-order valence-corrected chi connectivity index (χ1v) is 8.82. The zero-order valence-corrected chi connectivity index (χ0v) is 14.3. The SMILES string of the molecule is O=[N+]([O-])c1ccc(-c2ccc3ccccc3c2)nc1NC1CCNCC1. The summed E-state index contributed by atoms with van der Waals surface area (Å²) in [6.07, 6.45) is 1.86. The van der Waals surface area contributed by atoms with E-state index in [4.69, 9.17) is 0 Å². The van der Waals surface area contributed by atoms with Gasteiger partial charge in [-0.05, 0) is 48.8 Å². The summed E-state index contributed by atoms with van der Waals surface area (Å²) in [5.74, 6) is 0.354. The Hall–Kier alpha value is -2.99. The molecular weight excluding hydrogens is 328 g/mol. The van der Waals surface area contributed by atoms with Crippen LogP contribution in [0.15, 0.2) is 54.6 Å². The molecule has 4 rings (SSSR count). The summed E-state index contributed by atoms with van der Waals surface area (Å²) < 4.78 is 0. The molecule has 1 fully saturated rings. The Morgan fingerprint density at radius 2 is 1.81 bits per heavy atom. The van der Waals surface area contributed by atoms with Crippen LogP contribution in [-0.4, -0.2) is 29.0 Å². The number of nitrogens with one attached hydrogen (secondary N) is 2. The van der Waals surface area contributed by atoms with Gasteiger partial charge in [0, 0.05) is 17.7 Å². The summed E-state index contributed by atoms with van der Waals surface area (Å²) in [5.41, 5.74) is 1.71. The molecule has 6 heteroatoms. The molecule has 1 aliphatic rings. The standard InChI is InChI=1S/C20H20N4O2/c25-24(26)19-8-7-18(23-20(19)22-17-9-11-21-12-10-17)16-6-5-14-3-1-2-4-15(14)13-16/h1-8,13,17,21H,9-12H2,(H,22,23). The third kappa shape index (κ3) is 3.36. The van der Waals surface area contributed by atoms with E-state index >= 15 is 0 Å². The van der Waals surface area contributed by atoms with Gasteiger partial charge in [-0.15, -0.1) is 0 Å². The molecule has 2 N–H and O–H groups in total. The normalized spacial score (nSPS) is 15.1. The Kier molecular flexibility index (Phi) is 4.50. The molecule has 26 heavy (non-hydrogen) atoms. The van der Waals surface area contributed by atoms with Crippen molar-refractivity contribution in [2.75, 3.05) is 18.4 Å². The molecule has 3 aromatic rings. The van der Waals surface area contributed by atoms with Crippen LogP contribution < -0.4 is 10.6 Å². The topological polar surface area (TPSA) is 80.1 Å². The van der Waals surface area contributed by atoms with E-state index in [0.29, 0.717) is 5.82 Å². The van der Waals surface area contributed by atoms with Crippen molar-refractivity contribution in [3.63, 3.8) is 0 Å². The summed E-state index contributed by atoms with van der Waals surface area (Å²) in [4.78, 5) is 15.6. The molecule has 1 aromatic heterocycles. The minimum Gasteiger partial charge on any atom is -0.361 e. The molecule has 132 valence electrons. The van der Waals surface area contributed by atoms with E-state index in [9.17, 15) is 10.1 Å². The lowest BCUT2D eigenvalue weighted by atomic mass is 10.0. The molecule has 1 aliphatic heterocycles. The second-order valence-electron chi connectivity index (χ2n) is 6.55. The Labute approximate surface area is 151 Å². The predicted molar refractivity (Wildman–Crippen MR) is 103 cm³/mol. The highest BCUT2D eigenvalue weighted by atomic mass is 16.6. The van der Waals surface area contributed by atoms with Gasteiger partial charge in [-0.3, -0.25) is 10.1 Å². The molecule has 0 amide bonds. The summed E-state index contributed by atoms with van der Waals surface area (Å²) in [5, 5.41) is 20.3. The summed E-state index contributed by atoms with van der Waals surface area (Å²) >= 11 is 0. The van der Waals surface area contributed by atoms with Crippen molar-refractivity contribution in [3.05, 3.63) is 64.7 Å². The fourth-order valence-electron chi connectivity index (χ4n) is 3.37. The van der Waals surface area contributed by atoms with Gasteiger partial charge >= 0.3 is 5.69 Å². The van der Waals surface area contributed by atoms with Crippen LogP contribution in [0.5, 0.6) is 0 Å². The highest BCUT2D eigenvalue weighted by molar-refractivity contribution is 5.87. The van der Waals surface area contributed by atoms with Crippen LogP contribution in [0.25, 0.3) is 22.0 Å². The van der Waals surface area contributed by atoms with Crippen molar-refractivity contribution < 1.29 is 4.92 Å². The van der Waals surface area contributed by atoms with Crippen molar-refractivity contribution in [2.45, 2.75) is 18.9 Å². The summed E-state index contributed by atoms with van der Waals surface area (Å²) in [6, 6.07) is 17.7. The second-order valence-corrected chi connectivity index (χ2v) is 6.55. The van der Waals surface area contributed by atoms with Crippen LogP contribution in [0.3, 0.4) is 0 Å². The van der Waals surface area contributed by atoms with Crippen molar-refractivity contribution in [1.82, 2.24) is 10.3 Å². The minimum absolute atomic E-state index is 0.0214. The number of anilines is 1. The molecule has 1 saturated heterocycles. The largest absolute Gasteiger partial charge is 0.361 e. The lowest BCUT2D eigenvalue weighted by Gasteiger charge is -2.24. The van der Waals surface area contributed by atoms with Crippen LogP contribution in [-0.2, 0) is 0 Å². The first-order chi connectivity index (χ1) is 12.7. The molecule has 0 bridgehead atoms. The van der Waals surface area contributed by atoms with Gasteiger partial charge in [0.25, 0.3) is 0 Å². The predicted octanol–water partition coefficient (Wildman–Crippen LogP) is 3.97. The maximum atomic E-state index is 11.4. The molecular formula is C20H20N4O2. The lowest BCUT2D eigenvalue weighted by molar-refractivity contribution is -0.384. The van der Waals surface area contributed by atoms with E-state index in [0.717, 1.165) is 48.0 Å². The maximum absolute atomic E-state index is 11.4. The van der Waals surface area contributed by atoms with Gasteiger partial charge < -0.3 is 10.6 Å². The van der Waals surface area contributed by atoms with Gasteiger partial charge in [-0.25, -0.2) is 4.98 Å². The van der Waals surface area contributed by atoms with Crippen molar-refractivity contribution in [3.8, 4) is 11.3 Å². The van der Waals surface area contributed by atoms with Crippen molar-refractivity contribution >= 4 is 22.3 Å². The van der Waals surface area contributed by atoms with E-state index < -0.39 is 0 Å². The van der Waals surface area contributed by atoms with Gasteiger partial charge in [0.15, 0.2) is 0 Å². The number of hydrogen-bond donors (Lipinski definition) is 2. The van der Waals surface area contributed by atoms with Crippen molar-refractivity contribution in [1.29, 1.82) is 0 Å². The fourth-order valence-corrected chi connectivity index (χ4v) is 3.37. The number of benzene rings is 2. The average Bonchev–Trinajstić information content (AvgIpc) is 2.68. The summed E-state index contributed by atoms with van der Waals surface area (Å²) in [6.45, 7) is 1.83.